The van der Waals surface area contributed by atoms with E-state index in [-0.39, 0.29) is 0 Å². The molecule has 0 saturated carbocycles. The van der Waals surface area contributed by atoms with Gasteiger partial charge in [0.25, 0.3) is 0 Å². The van der Waals surface area contributed by atoms with Crippen LogP contribution >= 0.6 is 0 Å². The normalized spacial score (nSPS) is 8.11. The lowest BCUT2D eigenvalue weighted by Gasteiger charge is -2.04. The molecule has 0 spiro atoms. The van der Waals surface area contributed by atoms with Gasteiger partial charge in [0.05, 0.1) is 0 Å². The van der Waals surface area contributed by atoms with Gasteiger partial charge < -0.3 is 0 Å². The van der Waals surface area contributed by atoms with Gasteiger partial charge in [0.15, 0.2) is 0 Å². The minimum absolute atomic E-state index is 0.699. The molecule has 1 aromatic rings. The Morgan fingerprint density at radius 2 is 1.33 bits per heavy atom. The lowest BCUT2D eigenvalue weighted by atomic mass is 10.1. The van der Waals surface area contributed by atoms with Crippen LogP contribution in [0, 0.1) is 5.92 Å². The van der Waals surface area contributed by atoms with E-state index < -0.39 is 0 Å². The van der Waals surface area contributed by atoms with Gasteiger partial charge in [0, 0.05) is 11.4 Å². The fourth-order valence-electron chi connectivity index (χ4n) is 1.26. The highest BCUT2D eigenvalue weighted by molar-refractivity contribution is 5.11. The van der Waals surface area contributed by atoms with Gasteiger partial charge in [-0.25, -0.2) is 0 Å². The first-order valence-electron chi connectivity index (χ1n) is 7.67. The van der Waals surface area contributed by atoms with E-state index >= 15 is 0 Å². The van der Waals surface area contributed by atoms with E-state index in [1.54, 1.807) is 0 Å². The van der Waals surface area contributed by atoms with Crippen molar-refractivity contribution in [2.45, 2.75) is 75.2 Å². The fourth-order valence-corrected chi connectivity index (χ4v) is 1.26. The second-order valence-electron chi connectivity index (χ2n) is 3.57. The van der Waals surface area contributed by atoms with Crippen LogP contribution in [0.5, 0.6) is 0 Å². The SMILES string of the molecule is CC.CC.CC.CCc1cccc(CC(C)C)n1. The molecule has 0 atom stereocenters. The molecule has 0 bridgehead atoms. The monoisotopic (exact) mass is 253 g/mol. The lowest BCUT2D eigenvalue weighted by molar-refractivity contribution is 0.633. The summed E-state index contributed by atoms with van der Waals surface area (Å²) in [6, 6.07) is 6.30. The van der Waals surface area contributed by atoms with E-state index in [0.29, 0.717) is 5.92 Å². The maximum absolute atomic E-state index is 4.53. The highest BCUT2D eigenvalue weighted by Gasteiger charge is 1.99. The average Bonchev–Trinajstić information content (AvgIpc) is 2.45. The molecule has 0 saturated heterocycles. The Labute approximate surface area is 116 Å². The number of nitrogens with zero attached hydrogens (tertiary/aromatic N) is 1. The number of hydrogen-bond donors (Lipinski definition) is 0. The van der Waals surface area contributed by atoms with E-state index in [4.69, 9.17) is 0 Å². The lowest BCUT2D eigenvalue weighted by Crippen LogP contribution is -1.98. The third-order valence-electron chi connectivity index (χ3n) is 1.84. The van der Waals surface area contributed by atoms with Crippen LogP contribution < -0.4 is 0 Å². The highest BCUT2D eigenvalue weighted by Crippen LogP contribution is 2.06. The van der Waals surface area contributed by atoms with Crippen LogP contribution in [0.3, 0.4) is 0 Å². The van der Waals surface area contributed by atoms with E-state index in [9.17, 15) is 0 Å². The maximum Gasteiger partial charge on any atom is 0.0409 e. The third kappa shape index (κ3) is 13.2. The van der Waals surface area contributed by atoms with E-state index in [0.717, 1.165) is 12.8 Å². The zero-order valence-corrected chi connectivity index (χ0v) is 14.2. The smallest absolute Gasteiger partial charge is 0.0409 e. The molecule has 1 nitrogen and oxygen atoms in total. The molecule has 0 aliphatic rings. The molecule has 1 rings (SSSR count). The number of aryl methyl sites for hydroxylation is 1. The molecule has 0 unspecified atom stereocenters. The number of hydrogen-bond acceptors (Lipinski definition) is 1. The van der Waals surface area contributed by atoms with Crippen molar-refractivity contribution in [3.63, 3.8) is 0 Å². The van der Waals surface area contributed by atoms with Crippen molar-refractivity contribution >= 4 is 0 Å². The Kier molecular flexibility index (Phi) is 23.0. The molecule has 0 aliphatic carbocycles. The summed E-state index contributed by atoms with van der Waals surface area (Å²) < 4.78 is 0. The summed E-state index contributed by atoms with van der Waals surface area (Å²) in [5.41, 5.74) is 2.43. The van der Waals surface area contributed by atoms with Gasteiger partial charge in [-0.1, -0.05) is 68.4 Å². The average molecular weight is 253 g/mol. The molecule has 108 valence electrons. The van der Waals surface area contributed by atoms with Gasteiger partial charge in [0.1, 0.15) is 0 Å². The molecule has 0 aromatic carbocycles. The first-order valence-corrected chi connectivity index (χ1v) is 7.67. The zero-order chi connectivity index (χ0) is 15.0. The van der Waals surface area contributed by atoms with Crippen LogP contribution in [0.4, 0.5) is 0 Å². The Balaban J connectivity index is -0.000000328. The summed E-state index contributed by atoms with van der Waals surface area (Å²) in [6.07, 6.45) is 2.12. The first kappa shape index (κ1) is 22.3. The number of pyridine rings is 1. The van der Waals surface area contributed by atoms with Crippen LogP contribution in [0.15, 0.2) is 18.2 Å². The summed E-state index contributed by atoms with van der Waals surface area (Å²) in [4.78, 5) is 4.53. The van der Waals surface area contributed by atoms with E-state index in [2.05, 4.69) is 44.0 Å². The Hall–Kier alpha value is -0.850. The first-order chi connectivity index (χ1) is 8.72. The molecule has 1 heterocycles. The van der Waals surface area contributed by atoms with Crippen molar-refractivity contribution in [2.24, 2.45) is 5.92 Å². The molecular formula is C17H35N. The number of rotatable bonds is 3. The molecule has 0 radical (unpaired) electrons. The highest BCUT2D eigenvalue weighted by atomic mass is 14.7. The minimum Gasteiger partial charge on any atom is -0.258 e. The van der Waals surface area contributed by atoms with Gasteiger partial charge >= 0.3 is 0 Å². The molecule has 1 heteroatoms. The standard InChI is InChI=1S/C11H17N.3C2H6/c1-4-10-6-5-7-11(12-10)8-9(2)3;3*1-2/h5-7,9H,4,8H2,1-3H3;3*1-2H3. The quantitative estimate of drug-likeness (QED) is 0.651. The molecule has 0 fully saturated rings. The molecule has 1 aromatic heterocycles. The second-order valence-corrected chi connectivity index (χ2v) is 3.57. The molecule has 0 aliphatic heterocycles. The van der Waals surface area contributed by atoms with Crippen LogP contribution in [0.2, 0.25) is 0 Å². The summed E-state index contributed by atoms with van der Waals surface area (Å²) in [7, 11) is 0. The van der Waals surface area contributed by atoms with Crippen molar-refractivity contribution in [3.05, 3.63) is 29.6 Å². The Bertz CT molecular complexity index is 241. The van der Waals surface area contributed by atoms with Crippen molar-refractivity contribution < 1.29 is 0 Å². The Morgan fingerprint density at radius 3 is 1.72 bits per heavy atom. The molecule has 0 amide bonds. The van der Waals surface area contributed by atoms with Gasteiger partial charge in [0.2, 0.25) is 0 Å². The van der Waals surface area contributed by atoms with Crippen molar-refractivity contribution in [1.82, 2.24) is 4.98 Å². The summed E-state index contributed by atoms with van der Waals surface area (Å²) in [5, 5.41) is 0. The van der Waals surface area contributed by atoms with Gasteiger partial charge in [-0.15, -0.1) is 0 Å². The van der Waals surface area contributed by atoms with Crippen molar-refractivity contribution in [1.29, 1.82) is 0 Å². The molecule has 18 heavy (non-hydrogen) atoms. The van der Waals surface area contributed by atoms with Gasteiger partial charge in [-0.3, -0.25) is 4.98 Å². The number of aromatic nitrogens is 1. The summed E-state index contributed by atoms with van der Waals surface area (Å²) in [6.45, 7) is 18.6. The van der Waals surface area contributed by atoms with Gasteiger partial charge in [-0.05, 0) is 30.9 Å². The summed E-state index contributed by atoms with van der Waals surface area (Å²) in [5.74, 6) is 0.699. The molecule has 0 N–H and O–H groups in total. The topological polar surface area (TPSA) is 12.9 Å². The van der Waals surface area contributed by atoms with Crippen molar-refractivity contribution in [3.8, 4) is 0 Å². The Morgan fingerprint density at radius 1 is 0.889 bits per heavy atom. The van der Waals surface area contributed by atoms with Crippen molar-refractivity contribution in [2.75, 3.05) is 0 Å². The van der Waals surface area contributed by atoms with Crippen LogP contribution in [-0.2, 0) is 12.8 Å². The predicted octanol–water partition coefficient (Wildman–Crippen LogP) is 5.92. The molecular weight excluding hydrogens is 218 g/mol. The second kappa shape index (κ2) is 18.5. The fraction of sp³-hybridized carbons (Fsp3) is 0.706. The van der Waals surface area contributed by atoms with E-state index in [1.165, 1.54) is 11.4 Å². The van der Waals surface area contributed by atoms with Crippen LogP contribution in [-0.4, -0.2) is 4.98 Å². The summed E-state index contributed by atoms with van der Waals surface area (Å²) >= 11 is 0. The third-order valence-corrected chi connectivity index (χ3v) is 1.84. The maximum atomic E-state index is 4.53. The van der Waals surface area contributed by atoms with Gasteiger partial charge in [-0.2, -0.15) is 0 Å². The van der Waals surface area contributed by atoms with Crippen LogP contribution in [0.25, 0.3) is 0 Å². The van der Waals surface area contributed by atoms with Crippen LogP contribution in [0.1, 0.15) is 73.7 Å². The van der Waals surface area contributed by atoms with E-state index in [1.807, 2.05) is 41.5 Å². The minimum atomic E-state index is 0.699. The zero-order valence-electron chi connectivity index (χ0n) is 14.2. The predicted molar refractivity (Wildman–Crippen MR) is 86.2 cm³/mol. The largest absolute Gasteiger partial charge is 0.258 e.